The molecule has 118 valence electrons. The number of benzene rings is 2. The smallest absolute Gasteiger partial charge is 0.304 e. The van der Waals surface area contributed by atoms with Crippen LogP contribution in [0, 0.1) is 5.82 Å². The van der Waals surface area contributed by atoms with Gasteiger partial charge in [0.05, 0.1) is 16.8 Å². The average molecular weight is 322 g/mol. The highest BCUT2D eigenvalue weighted by molar-refractivity contribution is 5.98. The van der Waals surface area contributed by atoms with Crippen molar-refractivity contribution in [2.45, 2.75) is 6.18 Å². The quantitative estimate of drug-likeness (QED) is 0.637. The van der Waals surface area contributed by atoms with Crippen LogP contribution in [0.25, 0.3) is 10.9 Å². The molecule has 0 aliphatic rings. The maximum absolute atomic E-state index is 13.7. The molecular weight excluding hydrogens is 312 g/mol. The van der Waals surface area contributed by atoms with Crippen LogP contribution < -0.4 is 5.32 Å². The fourth-order valence-electron chi connectivity index (χ4n) is 2.23. The number of amides is 1. The third-order valence-corrected chi connectivity index (χ3v) is 3.35. The molecule has 1 heterocycles. The van der Waals surface area contributed by atoms with Crippen molar-refractivity contribution in [3.05, 3.63) is 66.1 Å². The van der Waals surface area contributed by atoms with Crippen LogP contribution in [0.1, 0.15) is 5.56 Å². The van der Waals surface area contributed by atoms with Gasteiger partial charge >= 0.3 is 12.2 Å². The first-order valence-electron chi connectivity index (χ1n) is 6.60. The SMILES string of the molecule is O=C(Nc1cc(C(F)(F)F)ccc1F)n1ccc2ccccc21. The number of rotatable bonds is 1. The van der Waals surface area contributed by atoms with Gasteiger partial charge < -0.3 is 5.32 Å². The third kappa shape index (κ3) is 2.90. The number of fused-ring (bicyclic) bond motifs is 1. The zero-order chi connectivity index (χ0) is 16.6. The lowest BCUT2D eigenvalue weighted by molar-refractivity contribution is -0.137. The molecular formula is C16H10F4N2O. The fraction of sp³-hybridized carbons (Fsp3) is 0.0625. The fourth-order valence-corrected chi connectivity index (χ4v) is 2.23. The van der Waals surface area contributed by atoms with Crippen molar-refractivity contribution in [2.24, 2.45) is 0 Å². The van der Waals surface area contributed by atoms with Crippen LogP contribution in [0.15, 0.2) is 54.7 Å². The van der Waals surface area contributed by atoms with Crippen LogP contribution in [0.5, 0.6) is 0 Å². The highest BCUT2D eigenvalue weighted by Gasteiger charge is 2.31. The summed E-state index contributed by atoms with van der Waals surface area (Å²) in [5, 5.41) is 2.95. The van der Waals surface area contributed by atoms with Gasteiger partial charge in [-0.3, -0.25) is 4.57 Å². The lowest BCUT2D eigenvalue weighted by atomic mass is 10.2. The van der Waals surface area contributed by atoms with Gasteiger partial charge in [0.2, 0.25) is 0 Å². The van der Waals surface area contributed by atoms with E-state index in [9.17, 15) is 22.4 Å². The zero-order valence-corrected chi connectivity index (χ0v) is 11.6. The number of nitrogens with one attached hydrogen (secondary N) is 1. The Labute approximate surface area is 128 Å². The van der Waals surface area contributed by atoms with Crippen molar-refractivity contribution in [3.8, 4) is 0 Å². The Balaban J connectivity index is 1.94. The third-order valence-electron chi connectivity index (χ3n) is 3.35. The second-order valence-corrected chi connectivity index (χ2v) is 4.87. The van der Waals surface area contributed by atoms with E-state index in [-0.39, 0.29) is 0 Å². The Morgan fingerprint density at radius 1 is 1.04 bits per heavy atom. The summed E-state index contributed by atoms with van der Waals surface area (Å²) in [7, 11) is 0. The lowest BCUT2D eigenvalue weighted by Crippen LogP contribution is -2.19. The number of carbonyl (C=O) groups is 1. The van der Waals surface area contributed by atoms with E-state index in [4.69, 9.17) is 0 Å². The molecule has 3 aromatic rings. The Morgan fingerprint density at radius 2 is 1.78 bits per heavy atom. The van der Waals surface area contributed by atoms with Crippen LogP contribution in [-0.4, -0.2) is 10.6 Å². The molecule has 1 amide bonds. The molecule has 1 aromatic heterocycles. The van der Waals surface area contributed by atoms with Gasteiger partial charge in [-0.25, -0.2) is 9.18 Å². The predicted octanol–water partition coefficient (Wildman–Crippen LogP) is 4.88. The average Bonchev–Trinajstić information content (AvgIpc) is 2.92. The van der Waals surface area contributed by atoms with Crippen LogP contribution in [0.2, 0.25) is 0 Å². The number of anilines is 1. The minimum Gasteiger partial charge on any atom is -0.304 e. The van der Waals surface area contributed by atoms with Gasteiger partial charge in [-0.2, -0.15) is 13.2 Å². The lowest BCUT2D eigenvalue weighted by Gasteiger charge is -2.11. The molecule has 23 heavy (non-hydrogen) atoms. The number of aromatic nitrogens is 1. The van der Waals surface area contributed by atoms with E-state index in [1.54, 1.807) is 30.3 Å². The molecule has 0 saturated heterocycles. The predicted molar refractivity (Wildman–Crippen MR) is 77.8 cm³/mol. The Kier molecular flexibility index (Phi) is 3.55. The van der Waals surface area contributed by atoms with Gasteiger partial charge in [-0.1, -0.05) is 18.2 Å². The summed E-state index contributed by atoms with van der Waals surface area (Å²) in [5.74, 6) is -0.942. The van der Waals surface area contributed by atoms with Crippen molar-refractivity contribution in [1.82, 2.24) is 4.57 Å². The van der Waals surface area contributed by atoms with Crippen molar-refractivity contribution in [2.75, 3.05) is 5.32 Å². The molecule has 0 radical (unpaired) electrons. The van der Waals surface area contributed by atoms with Gasteiger partial charge in [-0.15, -0.1) is 0 Å². The number of nitrogens with zero attached hydrogens (tertiary/aromatic N) is 1. The molecule has 0 aliphatic carbocycles. The number of carbonyl (C=O) groups excluding carboxylic acids is 1. The highest BCUT2D eigenvalue weighted by atomic mass is 19.4. The number of hydrogen-bond acceptors (Lipinski definition) is 1. The first kappa shape index (κ1) is 15.1. The normalized spacial score (nSPS) is 11.7. The van der Waals surface area contributed by atoms with E-state index < -0.39 is 29.3 Å². The number of hydrogen-bond donors (Lipinski definition) is 1. The van der Waals surface area contributed by atoms with Crippen LogP contribution in [-0.2, 0) is 6.18 Å². The molecule has 7 heteroatoms. The summed E-state index contributed by atoms with van der Waals surface area (Å²) in [4.78, 5) is 12.2. The maximum atomic E-state index is 13.7. The Bertz CT molecular complexity index is 883. The van der Waals surface area contributed by atoms with Crippen molar-refractivity contribution < 1.29 is 22.4 Å². The minimum atomic E-state index is -4.62. The summed E-state index contributed by atoms with van der Waals surface area (Å²) in [6.45, 7) is 0. The summed E-state index contributed by atoms with van der Waals surface area (Å²) < 4.78 is 52.9. The van der Waals surface area contributed by atoms with Crippen molar-refractivity contribution in [1.29, 1.82) is 0 Å². The van der Waals surface area contributed by atoms with Gasteiger partial charge in [0, 0.05) is 11.6 Å². The van der Waals surface area contributed by atoms with E-state index in [1.807, 2.05) is 0 Å². The molecule has 0 unspecified atom stereocenters. The van der Waals surface area contributed by atoms with E-state index in [0.29, 0.717) is 23.7 Å². The molecule has 1 N–H and O–H groups in total. The van der Waals surface area contributed by atoms with Gasteiger partial charge in [0.25, 0.3) is 0 Å². The summed E-state index contributed by atoms with van der Waals surface area (Å²) >= 11 is 0. The summed E-state index contributed by atoms with van der Waals surface area (Å²) in [6.07, 6.45) is -3.15. The van der Waals surface area contributed by atoms with Gasteiger partial charge in [-0.05, 0) is 30.3 Å². The second-order valence-electron chi connectivity index (χ2n) is 4.87. The molecule has 0 bridgehead atoms. The first-order valence-corrected chi connectivity index (χ1v) is 6.60. The Hall–Kier alpha value is -2.83. The minimum absolute atomic E-state index is 0.525. The summed E-state index contributed by atoms with van der Waals surface area (Å²) in [6, 6.07) is 9.76. The van der Waals surface area contributed by atoms with E-state index >= 15 is 0 Å². The molecule has 3 rings (SSSR count). The number of halogens is 4. The van der Waals surface area contributed by atoms with E-state index in [1.165, 1.54) is 10.8 Å². The van der Waals surface area contributed by atoms with Gasteiger partial charge in [0.15, 0.2) is 0 Å². The number of alkyl halides is 3. The van der Waals surface area contributed by atoms with Crippen LogP contribution in [0.3, 0.4) is 0 Å². The molecule has 0 fully saturated rings. The molecule has 0 aliphatic heterocycles. The number of para-hydroxylation sites is 1. The van der Waals surface area contributed by atoms with Crippen LogP contribution >= 0.6 is 0 Å². The molecule has 0 spiro atoms. The van der Waals surface area contributed by atoms with Gasteiger partial charge in [0.1, 0.15) is 5.82 Å². The Morgan fingerprint density at radius 3 is 2.52 bits per heavy atom. The van der Waals surface area contributed by atoms with Crippen molar-refractivity contribution in [3.63, 3.8) is 0 Å². The zero-order valence-electron chi connectivity index (χ0n) is 11.6. The largest absolute Gasteiger partial charge is 0.416 e. The molecule has 3 nitrogen and oxygen atoms in total. The molecule has 0 atom stereocenters. The highest BCUT2D eigenvalue weighted by Crippen LogP contribution is 2.32. The topological polar surface area (TPSA) is 34.0 Å². The monoisotopic (exact) mass is 322 g/mol. The first-order chi connectivity index (χ1) is 10.9. The van der Waals surface area contributed by atoms with E-state index in [0.717, 1.165) is 5.39 Å². The van der Waals surface area contributed by atoms with E-state index in [2.05, 4.69) is 5.32 Å². The second kappa shape index (κ2) is 5.42. The van der Waals surface area contributed by atoms with Crippen molar-refractivity contribution >= 4 is 22.6 Å². The molecule has 0 saturated carbocycles. The molecule has 2 aromatic carbocycles. The summed E-state index contributed by atoms with van der Waals surface area (Å²) in [5.41, 5.74) is -0.994. The van der Waals surface area contributed by atoms with Crippen LogP contribution in [0.4, 0.5) is 28.0 Å². The standard InChI is InChI=1S/C16H10F4N2O/c17-12-6-5-11(16(18,19)20)9-13(12)21-15(23)22-8-7-10-3-1-2-4-14(10)22/h1-9H,(H,21,23). The maximum Gasteiger partial charge on any atom is 0.416 e.